The zero-order chi connectivity index (χ0) is 19.7. The van der Waals surface area contributed by atoms with Crippen LogP contribution in [0.4, 0.5) is 14.3 Å². The number of carbonyl (C=O) groups excluding carboxylic acids is 2. The molecule has 0 saturated carbocycles. The van der Waals surface area contributed by atoms with Gasteiger partial charge in [0.15, 0.2) is 5.13 Å². The maximum absolute atomic E-state index is 13.6. The van der Waals surface area contributed by atoms with Gasteiger partial charge in [0.2, 0.25) is 5.91 Å². The third-order valence-electron chi connectivity index (χ3n) is 4.27. The Labute approximate surface area is 160 Å². The lowest BCUT2D eigenvalue weighted by atomic mass is 10.2. The van der Waals surface area contributed by atoms with Crippen LogP contribution in [0, 0.1) is 6.92 Å². The Balaban J connectivity index is 1.80. The number of aromatic nitrogens is 3. The van der Waals surface area contributed by atoms with Gasteiger partial charge in [-0.1, -0.05) is 25.2 Å². The van der Waals surface area contributed by atoms with E-state index in [0.29, 0.717) is 10.8 Å². The van der Waals surface area contributed by atoms with Crippen molar-refractivity contribution in [2.75, 3.05) is 11.9 Å². The van der Waals surface area contributed by atoms with Gasteiger partial charge in [0.25, 0.3) is 0 Å². The summed E-state index contributed by atoms with van der Waals surface area (Å²) in [6.07, 6.45) is 0.347. The lowest BCUT2D eigenvalue weighted by Gasteiger charge is -2.21. The highest BCUT2D eigenvalue weighted by atomic mass is 32.1. The second-order valence-electron chi connectivity index (χ2n) is 6.72. The van der Waals surface area contributed by atoms with Crippen molar-refractivity contribution in [3.8, 4) is 10.6 Å². The van der Waals surface area contributed by atoms with Crippen molar-refractivity contribution in [1.82, 2.24) is 19.9 Å². The summed E-state index contributed by atoms with van der Waals surface area (Å²) in [4.78, 5) is 39.0. The fourth-order valence-corrected chi connectivity index (χ4v) is 3.83. The number of carbonyl (C=O) groups is 2. The molecule has 1 saturated heterocycles. The lowest BCUT2D eigenvalue weighted by molar-refractivity contribution is -0.121. The molecule has 0 unspecified atom stereocenters. The third kappa shape index (κ3) is 4.05. The molecule has 3 rings (SSSR count). The number of hydrogen-bond acceptors (Lipinski definition) is 6. The Morgan fingerprint density at radius 3 is 2.81 bits per heavy atom. The molecule has 2 aromatic rings. The van der Waals surface area contributed by atoms with Crippen molar-refractivity contribution < 1.29 is 14.0 Å². The lowest BCUT2D eigenvalue weighted by Crippen LogP contribution is -2.45. The number of hydrogen-bond donors (Lipinski definition) is 2. The van der Waals surface area contributed by atoms with Crippen molar-refractivity contribution in [2.24, 2.45) is 5.73 Å². The zero-order valence-corrected chi connectivity index (χ0v) is 16.1. The van der Waals surface area contributed by atoms with Crippen molar-refractivity contribution in [2.45, 2.75) is 45.3 Å². The van der Waals surface area contributed by atoms with Crippen LogP contribution in [0.3, 0.4) is 0 Å². The minimum absolute atomic E-state index is 0.0795. The number of nitrogens with zero attached hydrogens (tertiary/aromatic N) is 4. The summed E-state index contributed by atoms with van der Waals surface area (Å²) in [5.74, 6) is 0.191. The molecular weight excluding hydrogens is 371 g/mol. The summed E-state index contributed by atoms with van der Waals surface area (Å²) in [5, 5.41) is 2.98. The Morgan fingerprint density at radius 2 is 2.15 bits per heavy atom. The van der Waals surface area contributed by atoms with Gasteiger partial charge in [-0.15, -0.1) is 0 Å². The molecule has 1 aliphatic heterocycles. The molecule has 0 bridgehead atoms. The predicted octanol–water partition coefficient (Wildman–Crippen LogP) is 2.46. The van der Waals surface area contributed by atoms with Gasteiger partial charge in [0.05, 0.1) is 22.8 Å². The minimum atomic E-state index is -1.27. The maximum atomic E-state index is 13.6. The van der Waals surface area contributed by atoms with Crippen LogP contribution in [-0.2, 0) is 4.79 Å². The van der Waals surface area contributed by atoms with E-state index in [9.17, 15) is 14.0 Å². The number of nitrogens with two attached hydrogens (primary N) is 1. The molecule has 144 valence electrons. The van der Waals surface area contributed by atoms with Gasteiger partial charge < -0.3 is 10.6 Å². The number of nitrogens with one attached hydrogen (secondary N) is 1. The third-order valence-corrected chi connectivity index (χ3v) is 5.37. The number of thiazole rings is 1. The molecule has 8 nitrogen and oxygen atoms in total. The monoisotopic (exact) mass is 392 g/mol. The second kappa shape index (κ2) is 7.55. The van der Waals surface area contributed by atoms with E-state index in [0.717, 1.165) is 21.3 Å². The first-order valence-electron chi connectivity index (χ1n) is 8.58. The predicted molar refractivity (Wildman–Crippen MR) is 100 cm³/mol. The molecule has 0 aromatic carbocycles. The van der Waals surface area contributed by atoms with Crippen LogP contribution >= 0.6 is 11.3 Å². The maximum Gasteiger partial charge on any atom is 0.324 e. The van der Waals surface area contributed by atoms with Gasteiger partial charge in [-0.05, 0) is 13.0 Å². The van der Waals surface area contributed by atoms with Gasteiger partial charge in [-0.2, -0.15) is 0 Å². The average Bonchev–Trinajstić information content (AvgIpc) is 3.18. The molecule has 10 heteroatoms. The van der Waals surface area contributed by atoms with E-state index in [1.165, 1.54) is 11.3 Å². The molecule has 27 heavy (non-hydrogen) atoms. The Bertz CT molecular complexity index is 871. The molecule has 1 fully saturated rings. The number of primary amides is 1. The van der Waals surface area contributed by atoms with Crippen LogP contribution in [0.25, 0.3) is 10.6 Å². The van der Waals surface area contributed by atoms with Crippen molar-refractivity contribution in [3.63, 3.8) is 0 Å². The van der Waals surface area contributed by atoms with Gasteiger partial charge in [-0.25, -0.2) is 24.1 Å². The van der Waals surface area contributed by atoms with Crippen molar-refractivity contribution >= 4 is 28.4 Å². The van der Waals surface area contributed by atoms with Crippen LogP contribution in [0.15, 0.2) is 12.3 Å². The molecule has 0 radical (unpaired) electrons. The molecule has 0 spiro atoms. The first kappa shape index (κ1) is 19.2. The average molecular weight is 392 g/mol. The van der Waals surface area contributed by atoms with Gasteiger partial charge in [0, 0.05) is 18.5 Å². The van der Waals surface area contributed by atoms with E-state index in [1.54, 1.807) is 12.3 Å². The Hall–Kier alpha value is -2.62. The largest absolute Gasteiger partial charge is 0.368 e. The Kier molecular flexibility index (Phi) is 5.36. The van der Waals surface area contributed by atoms with E-state index >= 15 is 0 Å². The van der Waals surface area contributed by atoms with Crippen LogP contribution in [-0.4, -0.2) is 50.5 Å². The van der Waals surface area contributed by atoms with E-state index in [2.05, 4.69) is 20.3 Å². The van der Waals surface area contributed by atoms with Gasteiger partial charge in [0.1, 0.15) is 18.0 Å². The van der Waals surface area contributed by atoms with E-state index < -0.39 is 24.2 Å². The molecular formula is C17H21FN6O2S. The number of urea groups is 1. The highest BCUT2D eigenvalue weighted by Gasteiger charge is 2.39. The Morgan fingerprint density at radius 1 is 1.41 bits per heavy atom. The first-order chi connectivity index (χ1) is 12.8. The van der Waals surface area contributed by atoms with Crippen molar-refractivity contribution in [1.29, 1.82) is 0 Å². The first-order valence-corrected chi connectivity index (χ1v) is 9.39. The SMILES string of the molecule is Cc1nc(NC(=O)N2C[C@H](F)C[C@H]2C(N)=O)sc1-c1ccnc(C(C)C)n1. The normalized spacial score (nSPS) is 19.5. The number of likely N-dealkylation sites (tertiary alicyclic amines) is 1. The van der Waals surface area contributed by atoms with E-state index in [4.69, 9.17) is 5.73 Å². The van der Waals surface area contributed by atoms with Crippen LogP contribution < -0.4 is 11.1 Å². The summed E-state index contributed by atoms with van der Waals surface area (Å²) in [5.41, 5.74) is 6.70. The zero-order valence-electron chi connectivity index (χ0n) is 15.3. The van der Waals surface area contributed by atoms with E-state index in [-0.39, 0.29) is 18.9 Å². The topological polar surface area (TPSA) is 114 Å². The molecule has 2 aromatic heterocycles. The number of alkyl halides is 1. The molecule has 1 aliphatic rings. The standard InChI is InChI=1S/C17H21FN6O2S/c1-8(2)15-20-5-4-11(22-15)13-9(3)21-16(27-13)23-17(26)24-7-10(18)6-12(24)14(19)25/h4-5,8,10,12H,6-7H2,1-3H3,(H2,19,25)(H,21,23,26)/t10-,12+/m1/s1. The molecule has 3 amide bonds. The van der Waals surface area contributed by atoms with Crippen LogP contribution in [0.1, 0.15) is 37.7 Å². The van der Waals surface area contributed by atoms with Crippen LogP contribution in [0.5, 0.6) is 0 Å². The fourth-order valence-electron chi connectivity index (χ4n) is 2.91. The van der Waals surface area contributed by atoms with Crippen molar-refractivity contribution in [3.05, 3.63) is 23.8 Å². The summed E-state index contributed by atoms with van der Waals surface area (Å²) < 4.78 is 13.6. The highest BCUT2D eigenvalue weighted by molar-refractivity contribution is 7.19. The number of anilines is 1. The van der Waals surface area contributed by atoms with Gasteiger partial charge >= 0.3 is 6.03 Å². The van der Waals surface area contributed by atoms with E-state index in [1.807, 2.05) is 20.8 Å². The smallest absolute Gasteiger partial charge is 0.324 e. The second-order valence-corrected chi connectivity index (χ2v) is 7.72. The molecule has 3 heterocycles. The number of aryl methyl sites for hydroxylation is 1. The van der Waals surface area contributed by atoms with Gasteiger partial charge in [-0.3, -0.25) is 10.1 Å². The highest BCUT2D eigenvalue weighted by Crippen LogP contribution is 2.32. The summed E-state index contributed by atoms with van der Waals surface area (Å²) in [7, 11) is 0. The summed E-state index contributed by atoms with van der Waals surface area (Å²) in [6.45, 7) is 5.67. The molecule has 3 N–H and O–H groups in total. The number of amides is 3. The molecule has 2 atom stereocenters. The summed E-state index contributed by atoms with van der Waals surface area (Å²) in [6, 6.07) is 0.246. The quantitative estimate of drug-likeness (QED) is 0.830. The minimum Gasteiger partial charge on any atom is -0.368 e. The number of rotatable bonds is 4. The number of halogens is 1. The molecule has 0 aliphatic carbocycles. The summed E-state index contributed by atoms with van der Waals surface area (Å²) >= 11 is 1.26. The fraction of sp³-hybridized carbons (Fsp3) is 0.471. The van der Waals surface area contributed by atoms with Crippen LogP contribution in [0.2, 0.25) is 0 Å².